The molecule has 0 aliphatic heterocycles. The standard InChI is InChI=1S/C9H11ClO2/c10-9-4-2-1-3-7(9)5-8(12)6-11/h1-4,8,11-12H,5-6H2/t8-/m1/s1. The van der Waals surface area contributed by atoms with Gasteiger partial charge in [0.15, 0.2) is 0 Å². The maximum atomic E-state index is 9.13. The summed E-state index contributed by atoms with van der Waals surface area (Å²) in [6.45, 7) is -0.231. The summed E-state index contributed by atoms with van der Waals surface area (Å²) >= 11 is 5.83. The molecule has 0 fully saturated rings. The van der Waals surface area contributed by atoms with Crippen LogP contribution in [0.4, 0.5) is 0 Å². The Morgan fingerprint density at radius 2 is 2.00 bits per heavy atom. The first kappa shape index (κ1) is 9.52. The van der Waals surface area contributed by atoms with Gasteiger partial charge in [-0.1, -0.05) is 29.8 Å². The van der Waals surface area contributed by atoms with Gasteiger partial charge < -0.3 is 10.2 Å². The van der Waals surface area contributed by atoms with Crippen molar-refractivity contribution in [3.63, 3.8) is 0 Å². The Morgan fingerprint density at radius 1 is 1.33 bits per heavy atom. The Bertz CT molecular complexity index is 250. The lowest BCUT2D eigenvalue weighted by molar-refractivity contribution is 0.0955. The first-order chi connectivity index (χ1) is 5.74. The minimum atomic E-state index is -0.718. The largest absolute Gasteiger partial charge is 0.394 e. The van der Waals surface area contributed by atoms with E-state index in [4.69, 9.17) is 21.8 Å². The van der Waals surface area contributed by atoms with Crippen LogP contribution >= 0.6 is 11.6 Å². The molecule has 0 saturated heterocycles. The molecule has 66 valence electrons. The van der Waals surface area contributed by atoms with Crippen molar-refractivity contribution in [3.05, 3.63) is 34.9 Å². The fourth-order valence-electron chi connectivity index (χ4n) is 0.982. The number of benzene rings is 1. The lowest BCUT2D eigenvalue weighted by Crippen LogP contribution is -2.15. The van der Waals surface area contributed by atoms with E-state index >= 15 is 0 Å². The molecule has 0 amide bonds. The van der Waals surface area contributed by atoms with Gasteiger partial charge in [0, 0.05) is 11.4 Å². The summed E-state index contributed by atoms with van der Waals surface area (Å²) in [5.74, 6) is 0. The number of rotatable bonds is 3. The number of hydrogen-bond donors (Lipinski definition) is 2. The summed E-state index contributed by atoms with van der Waals surface area (Å²) in [5.41, 5.74) is 0.862. The second-order valence-electron chi connectivity index (χ2n) is 2.63. The van der Waals surface area contributed by atoms with Crippen molar-refractivity contribution in [2.45, 2.75) is 12.5 Å². The van der Waals surface area contributed by atoms with E-state index in [9.17, 15) is 0 Å². The molecule has 1 aromatic rings. The summed E-state index contributed by atoms with van der Waals surface area (Å²) in [6, 6.07) is 7.28. The van der Waals surface area contributed by atoms with Gasteiger partial charge in [0.05, 0.1) is 12.7 Å². The summed E-state index contributed by atoms with van der Waals surface area (Å²) < 4.78 is 0. The zero-order valence-corrected chi connectivity index (χ0v) is 7.33. The maximum absolute atomic E-state index is 9.13. The Kier molecular flexibility index (Phi) is 3.53. The van der Waals surface area contributed by atoms with Crippen molar-refractivity contribution in [2.24, 2.45) is 0 Å². The number of hydrogen-bond acceptors (Lipinski definition) is 2. The number of halogens is 1. The summed E-state index contributed by atoms with van der Waals surface area (Å²) in [4.78, 5) is 0. The molecule has 1 atom stereocenters. The average Bonchev–Trinajstić information content (AvgIpc) is 2.09. The molecule has 0 saturated carbocycles. The Hall–Kier alpha value is -0.570. The predicted octanol–water partition coefficient (Wildman–Crippen LogP) is 1.24. The monoisotopic (exact) mass is 186 g/mol. The van der Waals surface area contributed by atoms with E-state index in [-0.39, 0.29) is 6.61 Å². The summed E-state index contributed by atoms with van der Waals surface area (Å²) in [6.07, 6.45) is -0.319. The zero-order chi connectivity index (χ0) is 8.97. The van der Waals surface area contributed by atoms with Crippen LogP contribution in [0, 0.1) is 0 Å². The molecule has 0 radical (unpaired) electrons. The van der Waals surface area contributed by atoms with Crippen LogP contribution in [0.2, 0.25) is 5.02 Å². The van der Waals surface area contributed by atoms with Gasteiger partial charge in [0.2, 0.25) is 0 Å². The van der Waals surface area contributed by atoms with E-state index in [2.05, 4.69) is 0 Å². The van der Waals surface area contributed by atoms with Gasteiger partial charge in [0.25, 0.3) is 0 Å². The number of aliphatic hydroxyl groups excluding tert-OH is 2. The van der Waals surface area contributed by atoms with Gasteiger partial charge in [-0.25, -0.2) is 0 Å². The molecular formula is C9H11ClO2. The molecule has 0 spiro atoms. The molecule has 2 nitrogen and oxygen atoms in total. The van der Waals surface area contributed by atoms with Gasteiger partial charge in [-0.05, 0) is 11.6 Å². The van der Waals surface area contributed by atoms with Gasteiger partial charge in [-0.3, -0.25) is 0 Å². The van der Waals surface area contributed by atoms with Gasteiger partial charge in [-0.15, -0.1) is 0 Å². The molecule has 0 bridgehead atoms. The molecule has 1 aromatic carbocycles. The third kappa shape index (κ3) is 2.48. The molecule has 1 rings (SSSR count). The van der Waals surface area contributed by atoms with E-state index in [1.807, 2.05) is 18.2 Å². The predicted molar refractivity (Wildman–Crippen MR) is 48.2 cm³/mol. The van der Waals surface area contributed by atoms with E-state index in [1.165, 1.54) is 0 Å². The lowest BCUT2D eigenvalue weighted by atomic mass is 10.1. The molecule has 0 unspecified atom stereocenters. The molecule has 0 aliphatic carbocycles. The molecule has 2 N–H and O–H groups in total. The molecular weight excluding hydrogens is 176 g/mol. The Labute approximate surface area is 76.4 Å². The van der Waals surface area contributed by atoms with Crippen molar-refractivity contribution in [2.75, 3.05) is 6.61 Å². The van der Waals surface area contributed by atoms with E-state index < -0.39 is 6.10 Å². The van der Waals surface area contributed by atoms with Gasteiger partial charge in [0.1, 0.15) is 0 Å². The Balaban J connectivity index is 2.69. The van der Waals surface area contributed by atoms with E-state index in [0.29, 0.717) is 11.4 Å². The minimum Gasteiger partial charge on any atom is -0.394 e. The third-order valence-electron chi connectivity index (χ3n) is 1.62. The molecule has 3 heteroatoms. The smallest absolute Gasteiger partial charge is 0.0811 e. The summed E-state index contributed by atoms with van der Waals surface area (Å²) in [5, 5.41) is 18.4. The minimum absolute atomic E-state index is 0.231. The van der Waals surface area contributed by atoms with Crippen molar-refractivity contribution in [3.8, 4) is 0 Å². The van der Waals surface area contributed by atoms with Gasteiger partial charge in [-0.2, -0.15) is 0 Å². The topological polar surface area (TPSA) is 40.5 Å². The fraction of sp³-hybridized carbons (Fsp3) is 0.333. The second kappa shape index (κ2) is 4.45. The highest BCUT2D eigenvalue weighted by molar-refractivity contribution is 6.31. The van der Waals surface area contributed by atoms with Crippen molar-refractivity contribution in [1.29, 1.82) is 0 Å². The summed E-state index contributed by atoms with van der Waals surface area (Å²) in [7, 11) is 0. The van der Waals surface area contributed by atoms with Crippen molar-refractivity contribution in [1.82, 2.24) is 0 Å². The maximum Gasteiger partial charge on any atom is 0.0811 e. The zero-order valence-electron chi connectivity index (χ0n) is 6.57. The molecule has 12 heavy (non-hydrogen) atoms. The van der Waals surface area contributed by atoms with Crippen LogP contribution in [0.3, 0.4) is 0 Å². The lowest BCUT2D eigenvalue weighted by Gasteiger charge is -2.07. The Morgan fingerprint density at radius 3 is 2.58 bits per heavy atom. The molecule has 0 aromatic heterocycles. The van der Waals surface area contributed by atoms with E-state index in [1.54, 1.807) is 6.07 Å². The van der Waals surface area contributed by atoms with Gasteiger partial charge >= 0.3 is 0 Å². The molecule has 0 aliphatic rings. The van der Waals surface area contributed by atoms with Crippen LogP contribution < -0.4 is 0 Å². The quantitative estimate of drug-likeness (QED) is 0.746. The third-order valence-corrected chi connectivity index (χ3v) is 1.99. The van der Waals surface area contributed by atoms with Crippen LogP contribution in [0.1, 0.15) is 5.56 Å². The van der Waals surface area contributed by atoms with Crippen molar-refractivity contribution < 1.29 is 10.2 Å². The van der Waals surface area contributed by atoms with Crippen LogP contribution in [0.5, 0.6) is 0 Å². The SMILES string of the molecule is OC[C@H](O)Cc1ccccc1Cl. The van der Waals surface area contributed by atoms with E-state index in [0.717, 1.165) is 5.56 Å². The average molecular weight is 187 g/mol. The highest BCUT2D eigenvalue weighted by atomic mass is 35.5. The normalized spacial score (nSPS) is 12.9. The van der Waals surface area contributed by atoms with Crippen LogP contribution in [-0.4, -0.2) is 22.9 Å². The first-order valence-electron chi connectivity index (χ1n) is 3.76. The molecule has 0 heterocycles. The fourth-order valence-corrected chi connectivity index (χ4v) is 1.20. The van der Waals surface area contributed by atoms with Crippen LogP contribution in [-0.2, 0) is 6.42 Å². The van der Waals surface area contributed by atoms with Crippen molar-refractivity contribution >= 4 is 11.6 Å². The first-order valence-corrected chi connectivity index (χ1v) is 4.14. The second-order valence-corrected chi connectivity index (χ2v) is 3.04. The van der Waals surface area contributed by atoms with Crippen LogP contribution in [0.15, 0.2) is 24.3 Å². The highest BCUT2D eigenvalue weighted by Gasteiger charge is 2.05. The highest BCUT2D eigenvalue weighted by Crippen LogP contribution is 2.16. The van der Waals surface area contributed by atoms with Crippen LogP contribution in [0.25, 0.3) is 0 Å². The number of aliphatic hydroxyl groups is 2.